The van der Waals surface area contributed by atoms with Crippen molar-refractivity contribution in [3.63, 3.8) is 0 Å². The van der Waals surface area contributed by atoms with E-state index in [9.17, 15) is 34.5 Å². The van der Waals surface area contributed by atoms with Crippen LogP contribution in [0.25, 0.3) is 0 Å². The molecule has 2 saturated heterocycles. The normalized spacial score (nSPS) is 24.3. The zero-order valence-corrected chi connectivity index (χ0v) is 31.7. The van der Waals surface area contributed by atoms with E-state index >= 15 is 0 Å². The zero-order chi connectivity index (χ0) is 38.3. The Hall–Kier alpha value is -2.44. The van der Waals surface area contributed by atoms with E-state index in [1.165, 1.54) is 6.42 Å². The summed E-state index contributed by atoms with van der Waals surface area (Å²) in [5.74, 6) is -1.95. The van der Waals surface area contributed by atoms with Gasteiger partial charge in [0.1, 0.15) is 24.8 Å². The van der Waals surface area contributed by atoms with Gasteiger partial charge in [-0.2, -0.15) is 0 Å². The standard InChI is InChI=1S/C29H53N5O11.C3H8.C2H6/c1-17(33-26(39)18(2)34-27(40)19-7-6-8-30-19)25(38)32-10-12-43-14-13-42-11-9-31-21(35)16-44-15-20-22(29(3,4)5)23(36)24(37)28(41)45-20;1-3-2;1-2/h17-20,22-24,28,30,36-37,41H,6-16H2,1-5H3,(H,31,35)(H,32,38)(H,33,39)(H,34,40);3H2,1-2H3;1-2H3. The number of rotatable bonds is 18. The first-order valence-corrected chi connectivity index (χ1v) is 17.9. The van der Waals surface area contributed by atoms with Crippen LogP contribution in [0.15, 0.2) is 0 Å². The molecular formula is C34H67N5O11. The lowest BCUT2D eigenvalue weighted by molar-refractivity contribution is -0.288. The fourth-order valence-electron chi connectivity index (χ4n) is 5.15. The van der Waals surface area contributed by atoms with Gasteiger partial charge in [-0.3, -0.25) is 19.2 Å². The Bertz CT molecular complexity index is 962. The van der Waals surface area contributed by atoms with E-state index in [4.69, 9.17) is 18.9 Å². The van der Waals surface area contributed by atoms with Crippen molar-refractivity contribution in [3.05, 3.63) is 0 Å². The minimum absolute atomic E-state index is 0.0463. The Morgan fingerprint density at radius 3 is 1.94 bits per heavy atom. The molecule has 8 unspecified atom stereocenters. The third kappa shape index (κ3) is 18.7. The van der Waals surface area contributed by atoms with Gasteiger partial charge in [0.25, 0.3) is 0 Å². The summed E-state index contributed by atoms with van der Waals surface area (Å²) in [6.07, 6.45) is -1.98. The van der Waals surface area contributed by atoms with Crippen LogP contribution in [0.4, 0.5) is 0 Å². The summed E-state index contributed by atoms with van der Waals surface area (Å²) in [5, 5.41) is 43.9. The van der Waals surface area contributed by atoms with Gasteiger partial charge in [0.05, 0.1) is 51.3 Å². The van der Waals surface area contributed by atoms with E-state index < -0.39 is 53.9 Å². The van der Waals surface area contributed by atoms with Crippen LogP contribution in [0.2, 0.25) is 0 Å². The average Bonchev–Trinajstić information content (AvgIpc) is 3.60. The molecule has 0 aromatic carbocycles. The molecule has 2 rings (SSSR count). The summed E-state index contributed by atoms with van der Waals surface area (Å²) in [6.45, 7) is 19.0. The number of hydrogen-bond acceptors (Lipinski definition) is 12. The van der Waals surface area contributed by atoms with Crippen LogP contribution in [-0.4, -0.2) is 141 Å². The monoisotopic (exact) mass is 721 g/mol. The van der Waals surface area contributed by atoms with Crippen LogP contribution in [0.3, 0.4) is 0 Å². The smallest absolute Gasteiger partial charge is 0.246 e. The lowest BCUT2D eigenvalue weighted by Crippen LogP contribution is -2.59. The summed E-state index contributed by atoms with van der Waals surface area (Å²) >= 11 is 0. The molecule has 0 spiro atoms. The maximum absolute atomic E-state index is 12.3. The van der Waals surface area contributed by atoms with Gasteiger partial charge in [0.15, 0.2) is 6.29 Å². The molecule has 2 heterocycles. The van der Waals surface area contributed by atoms with E-state index in [-0.39, 0.29) is 76.5 Å². The molecule has 294 valence electrons. The summed E-state index contributed by atoms with van der Waals surface area (Å²) in [7, 11) is 0. The van der Waals surface area contributed by atoms with Crippen molar-refractivity contribution in [3.8, 4) is 0 Å². The predicted molar refractivity (Wildman–Crippen MR) is 188 cm³/mol. The number of amides is 4. The van der Waals surface area contributed by atoms with E-state index in [1.54, 1.807) is 13.8 Å². The molecular weight excluding hydrogens is 654 g/mol. The topological polar surface area (TPSA) is 226 Å². The second-order valence-electron chi connectivity index (χ2n) is 13.1. The van der Waals surface area contributed by atoms with Crippen LogP contribution in [0, 0.1) is 11.3 Å². The van der Waals surface area contributed by atoms with Gasteiger partial charge in [0, 0.05) is 19.0 Å². The minimum Gasteiger partial charge on any atom is -0.390 e. The first-order valence-electron chi connectivity index (χ1n) is 17.9. The van der Waals surface area contributed by atoms with Crippen LogP contribution < -0.4 is 26.6 Å². The highest BCUT2D eigenvalue weighted by molar-refractivity contribution is 5.92. The molecule has 0 bridgehead atoms. The Balaban J connectivity index is 0.00000454. The lowest BCUT2D eigenvalue weighted by atomic mass is 9.71. The highest BCUT2D eigenvalue weighted by atomic mass is 16.6. The molecule has 8 atom stereocenters. The lowest BCUT2D eigenvalue weighted by Gasteiger charge is -2.46. The SMILES string of the molecule is CC.CC(NC(=O)C(C)NC(=O)C1CCCN1)C(=O)NCCOCCOCCNC(=O)COCC1OC(O)C(O)C(O)C1C(C)(C)C.CCC. The van der Waals surface area contributed by atoms with E-state index in [1.807, 2.05) is 34.6 Å². The number of hydrogen-bond donors (Lipinski definition) is 8. The van der Waals surface area contributed by atoms with Gasteiger partial charge >= 0.3 is 0 Å². The Labute approximate surface area is 298 Å². The Kier molecular flexibility index (Phi) is 25.1. The Morgan fingerprint density at radius 1 is 0.840 bits per heavy atom. The van der Waals surface area contributed by atoms with Crippen molar-refractivity contribution in [2.75, 3.05) is 59.3 Å². The molecule has 50 heavy (non-hydrogen) atoms. The quantitative estimate of drug-likeness (QED) is 0.0845. The third-order valence-electron chi connectivity index (χ3n) is 7.61. The second-order valence-corrected chi connectivity index (χ2v) is 13.1. The maximum atomic E-state index is 12.3. The summed E-state index contributed by atoms with van der Waals surface area (Å²) in [6, 6.07) is -1.85. The zero-order valence-electron chi connectivity index (χ0n) is 31.7. The van der Waals surface area contributed by atoms with E-state index in [2.05, 4.69) is 40.4 Å². The number of aliphatic hydroxyl groups is 3. The molecule has 0 radical (unpaired) electrons. The summed E-state index contributed by atoms with van der Waals surface area (Å²) in [5.41, 5.74) is -0.448. The third-order valence-corrected chi connectivity index (χ3v) is 7.61. The fourth-order valence-corrected chi connectivity index (χ4v) is 5.15. The number of carbonyl (C=O) groups is 4. The fraction of sp³-hybridized carbons (Fsp3) is 0.882. The number of aliphatic hydroxyl groups excluding tert-OH is 3. The van der Waals surface area contributed by atoms with Crippen molar-refractivity contribution in [2.24, 2.45) is 11.3 Å². The number of nitrogens with one attached hydrogen (secondary N) is 5. The number of carbonyl (C=O) groups excluding carboxylic acids is 4. The van der Waals surface area contributed by atoms with Gasteiger partial charge in [-0.05, 0) is 38.6 Å². The molecule has 8 N–H and O–H groups in total. The van der Waals surface area contributed by atoms with Crippen molar-refractivity contribution in [1.82, 2.24) is 26.6 Å². The van der Waals surface area contributed by atoms with Crippen molar-refractivity contribution in [1.29, 1.82) is 0 Å². The molecule has 0 aliphatic carbocycles. The molecule has 2 fully saturated rings. The van der Waals surface area contributed by atoms with Crippen LogP contribution in [0.5, 0.6) is 0 Å². The van der Waals surface area contributed by atoms with Crippen molar-refractivity contribution < 1.29 is 53.4 Å². The molecule has 0 aromatic rings. The first kappa shape index (κ1) is 47.6. The highest BCUT2D eigenvalue weighted by Gasteiger charge is 2.48. The average molecular weight is 722 g/mol. The summed E-state index contributed by atoms with van der Waals surface area (Å²) in [4.78, 5) is 48.8. The maximum Gasteiger partial charge on any atom is 0.246 e. The van der Waals surface area contributed by atoms with E-state index in [0.717, 1.165) is 19.4 Å². The number of ether oxygens (including phenoxy) is 4. The molecule has 16 nitrogen and oxygen atoms in total. The molecule has 2 aliphatic rings. The van der Waals surface area contributed by atoms with Crippen LogP contribution in [-0.2, 0) is 38.1 Å². The van der Waals surface area contributed by atoms with Crippen LogP contribution >= 0.6 is 0 Å². The molecule has 0 aromatic heterocycles. The molecule has 0 saturated carbocycles. The molecule has 4 amide bonds. The van der Waals surface area contributed by atoms with Crippen molar-refractivity contribution >= 4 is 23.6 Å². The first-order chi connectivity index (χ1) is 23.6. The predicted octanol–water partition coefficient (Wildman–Crippen LogP) is -0.426. The van der Waals surface area contributed by atoms with Gasteiger partial charge in [-0.25, -0.2) is 0 Å². The van der Waals surface area contributed by atoms with Gasteiger partial charge in [0.2, 0.25) is 23.6 Å². The van der Waals surface area contributed by atoms with E-state index in [0.29, 0.717) is 0 Å². The molecule has 16 heteroatoms. The summed E-state index contributed by atoms with van der Waals surface area (Å²) < 4.78 is 21.7. The van der Waals surface area contributed by atoms with Gasteiger partial charge in [-0.15, -0.1) is 0 Å². The highest BCUT2D eigenvalue weighted by Crippen LogP contribution is 2.38. The van der Waals surface area contributed by atoms with Crippen LogP contribution in [0.1, 0.15) is 81.6 Å². The minimum atomic E-state index is -1.54. The second kappa shape index (κ2) is 26.4. The van der Waals surface area contributed by atoms with Gasteiger partial charge in [-0.1, -0.05) is 54.9 Å². The van der Waals surface area contributed by atoms with Gasteiger partial charge < -0.3 is 60.9 Å². The Morgan fingerprint density at radius 2 is 1.40 bits per heavy atom. The molecule has 2 aliphatic heterocycles. The largest absolute Gasteiger partial charge is 0.390 e. The van der Waals surface area contributed by atoms with Crippen molar-refractivity contribution in [2.45, 2.75) is 124 Å².